The molecule has 1 fully saturated rings. The van der Waals surface area contributed by atoms with Gasteiger partial charge in [0.1, 0.15) is 0 Å². The molecule has 0 aliphatic heterocycles. The lowest BCUT2D eigenvalue weighted by Crippen LogP contribution is -2.32. The predicted molar refractivity (Wildman–Crippen MR) is 82.9 cm³/mol. The first-order valence-electron chi connectivity index (χ1n) is 7.46. The van der Waals surface area contributed by atoms with E-state index in [0.29, 0.717) is 11.5 Å². The van der Waals surface area contributed by atoms with Gasteiger partial charge in [-0.3, -0.25) is 9.59 Å². The van der Waals surface area contributed by atoms with E-state index in [9.17, 15) is 18.0 Å². The molecule has 1 aromatic carbocycles. The normalized spacial score (nSPS) is 21.5. The number of sulfonamides is 1. The minimum atomic E-state index is -3.87. The number of Topliss-reactive ketones (excluding diaryl/α,β-unsaturated/α-hetero) is 1. The number of carbonyl (C=O) groups excluding carboxylic acids is 2. The standard InChI is InChI=1S/C16H21NO4S/c1-11-4-3-5-14(11)10-16(19)17-22(20,21)15-8-6-13(7-9-15)12(2)18/h6-9,11,14H,3-5,10H2,1-2H3,(H,17,19). The highest BCUT2D eigenvalue weighted by Gasteiger charge is 2.27. The van der Waals surface area contributed by atoms with Crippen LogP contribution in [0.1, 0.15) is 49.9 Å². The van der Waals surface area contributed by atoms with E-state index in [2.05, 4.69) is 11.6 Å². The van der Waals surface area contributed by atoms with Gasteiger partial charge < -0.3 is 0 Å². The van der Waals surface area contributed by atoms with Gasteiger partial charge in [-0.1, -0.05) is 31.9 Å². The van der Waals surface area contributed by atoms with Gasteiger partial charge in [0.25, 0.3) is 10.0 Å². The maximum absolute atomic E-state index is 12.2. The maximum atomic E-state index is 12.2. The van der Waals surface area contributed by atoms with Crippen molar-refractivity contribution in [3.63, 3.8) is 0 Å². The largest absolute Gasteiger partial charge is 0.295 e. The topological polar surface area (TPSA) is 80.3 Å². The summed E-state index contributed by atoms with van der Waals surface area (Å²) in [5, 5.41) is 0. The molecule has 2 atom stereocenters. The number of ketones is 1. The van der Waals surface area contributed by atoms with Crippen LogP contribution in [0, 0.1) is 11.8 Å². The summed E-state index contributed by atoms with van der Waals surface area (Å²) in [6, 6.07) is 5.57. The maximum Gasteiger partial charge on any atom is 0.264 e. The predicted octanol–water partition coefficient (Wildman–Crippen LogP) is 2.52. The van der Waals surface area contributed by atoms with Crippen LogP contribution in [0.3, 0.4) is 0 Å². The second kappa shape index (κ2) is 6.60. The van der Waals surface area contributed by atoms with Crippen LogP contribution < -0.4 is 4.72 Å². The minimum absolute atomic E-state index is 0.00896. The van der Waals surface area contributed by atoms with Crippen molar-refractivity contribution in [2.75, 3.05) is 0 Å². The van der Waals surface area contributed by atoms with Crippen molar-refractivity contribution < 1.29 is 18.0 Å². The molecule has 120 valence electrons. The first-order chi connectivity index (χ1) is 10.3. The van der Waals surface area contributed by atoms with Crippen LogP contribution >= 0.6 is 0 Å². The van der Waals surface area contributed by atoms with Gasteiger partial charge in [-0.2, -0.15) is 0 Å². The number of carbonyl (C=O) groups is 2. The molecule has 0 saturated heterocycles. The number of amides is 1. The molecule has 1 N–H and O–H groups in total. The second-order valence-electron chi connectivity index (χ2n) is 5.98. The van der Waals surface area contributed by atoms with Crippen LogP contribution in [0.15, 0.2) is 29.2 Å². The molecular formula is C16H21NO4S. The summed E-state index contributed by atoms with van der Waals surface area (Å²) in [5.41, 5.74) is 0.435. The number of hydrogen-bond acceptors (Lipinski definition) is 4. The molecule has 5 nitrogen and oxygen atoms in total. The fraction of sp³-hybridized carbons (Fsp3) is 0.500. The van der Waals surface area contributed by atoms with Crippen LogP contribution in [0.25, 0.3) is 0 Å². The van der Waals surface area contributed by atoms with Crippen LogP contribution in [-0.2, 0) is 14.8 Å². The van der Waals surface area contributed by atoms with Gasteiger partial charge in [-0.25, -0.2) is 13.1 Å². The van der Waals surface area contributed by atoms with E-state index < -0.39 is 15.9 Å². The highest BCUT2D eigenvalue weighted by molar-refractivity contribution is 7.90. The Labute approximate surface area is 131 Å². The first kappa shape index (κ1) is 16.7. The van der Waals surface area contributed by atoms with Crippen molar-refractivity contribution in [2.24, 2.45) is 11.8 Å². The summed E-state index contributed by atoms with van der Waals surface area (Å²) in [5.74, 6) is 0.121. The molecule has 1 aliphatic rings. The van der Waals surface area contributed by atoms with Crippen LogP contribution in [0.4, 0.5) is 0 Å². The second-order valence-corrected chi connectivity index (χ2v) is 7.66. The fourth-order valence-corrected chi connectivity index (χ4v) is 3.88. The molecule has 1 aromatic rings. The average molecular weight is 323 g/mol. The van der Waals surface area contributed by atoms with Gasteiger partial charge >= 0.3 is 0 Å². The van der Waals surface area contributed by atoms with Gasteiger partial charge in [0.15, 0.2) is 5.78 Å². The van der Waals surface area contributed by atoms with Crippen molar-refractivity contribution in [3.8, 4) is 0 Å². The summed E-state index contributed by atoms with van der Waals surface area (Å²) in [7, 11) is -3.87. The molecule has 0 bridgehead atoms. The highest BCUT2D eigenvalue weighted by Crippen LogP contribution is 2.33. The van der Waals surface area contributed by atoms with Crippen LogP contribution in [0.5, 0.6) is 0 Å². The molecule has 1 amide bonds. The Hall–Kier alpha value is -1.69. The summed E-state index contributed by atoms with van der Waals surface area (Å²) in [4.78, 5) is 23.1. The van der Waals surface area contributed by atoms with E-state index in [4.69, 9.17) is 0 Å². The van der Waals surface area contributed by atoms with Gasteiger partial charge in [0.2, 0.25) is 5.91 Å². The molecule has 0 radical (unpaired) electrons. The summed E-state index contributed by atoms with van der Waals surface area (Å²) < 4.78 is 26.4. The van der Waals surface area contributed by atoms with Gasteiger partial charge in [-0.15, -0.1) is 0 Å². The van der Waals surface area contributed by atoms with E-state index in [0.717, 1.165) is 19.3 Å². The quantitative estimate of drug-likeness (QED) is 0.844. The Kier molecular flexibility index (Phi) is 5.01. The molecule has 0 heterocycles. The lowest BCUT2D eigenvalue weighted by Gasteiger charge is -2.14. The van der Waals surface area contributed by atoms with Crippen molar-refractivity contribution in [3.05, 3.63) is 29.8 Å². The number of rotatable bonds is 5. The molecule has 1 saturated carbocycles. The Morgan fingerprint density at radius 3 is 2.32 bits per heavy atom. The van der Waals surface area contributed by atoms with Crippen molar-refractivity contribution in [2.45, 2.75) is 44.4 Å². The molecule has 2 unspecified atom stereocenters. The van der Waals surface area contributed by atoms with Crippen molar-refractivity contribution in [1.82, 2.24) is 4.72 Å². The summed E-state index contributed by atoms with van der Waals surface area (Å²) in [6.07, 6.45) is 3.41. The Morgan fingerprint density at radius 2 is 1.82 bits per heavy atom. The molecule has 1 aliphatic carbocycles. The average Bonchev–Trinajstić information content (AvgIpc) is 2.83. The highest BCUT2D eigenvalue weighted by atomic mass is 32.2. The number of hydrogen-bond donors (Lipinski definition) is 1. The monoisotopic (exact) mass is 323 g/mol. The van der Waals surface area contributed by atoms with Crippen LogP contribution in [-0.4, -0.2) is 20.1 Å². The third-order valence-corrected chi connectivity index (χ3v) is 5.70. The molecule has 2 rings (SSSR count). The first-order valence-corrected chi connectivity index (χ1v) is 8.94. The molecule has 22 heavy (non-hydrogen) atoms. The van der Waals surface area contributed by atoms with Crippen molar-refractivity contribution >= 4 is 21.7 Å². The van der Waals surface area contributed by atoms with E-state index in [1.807, 2.05) is 0 Å². The smallest absolute Gasteiger partial charge is 0.264 e. The van der Waals surface area contributed by atoms with Crippen molar-refractivity contribution in [1.29, 1.82) is 0 Å². The molecular weight excluding hydrogens is 302 g/mol. The summed E-state index contributed by atoms with van der Waals surface area (Å²) >= 11 is 0. The molecule has 0 spiro atoms. The molecule has 6 heteroatoms. The lowest BCUT2D eigenvalue weighted by molar-refractivity contribution is -0.120. The zero-order chi connectivity index (χ0) is 16.3. The molecule has 0 aromatic heterocycles. The van der Waals surface area contributed by atoms with Gasteiger partial charge in [0, 0.05) is 12.0 Å². The van der Waals surface area contributed by atoms with E-state index in [-0.39, 0.29) is 23.0 Å². The summed E-state index contributed by atoms with van der Waals surface area (Å²) in [6.45, 7) is 3.51. The Morgan fingerprint density at radius 1 is 1.18 bits per heavy atom. The third kappa shape index (κ3) is 3.94. The van der Waals surface area contributed by atoms with E-state index in [1.165, 1.54) is 31.2 Å². The van der Waals surface area contributed by atoms with Gasteiger partial charge in [0.05, 0.1) is 4.90 Å². The Bertz CT molecular complexity index is 664. The SMILES string of the molecule is CC(=O)c1ccc(S(=O)(=O)NC(=O)CC2CCCC2C)cc1. The third-order valence-electron chi connectivity index (χ3n) is 4.31. The minimum Gasteiger partial charge on any atom is -0.295 e. The van der Waals surface area contributed by atoms with E-state index >= 15 is 0 Å². The number of benzene rings is 1. The Balaban J connectivity index is 2.03. The lowest BCUT2D eigenvalue weighted by atomic mass is 9.95. The zero-order valence-electron chi connectivity index (χ0n) is 12.8. The number of nitrogens with one attached hydrogen (secondary N) is 1. The zero-order valence-corrected chi connectivity index (χ0v) is 13.7. The fourth-order valence-electron chi connectivity index (χ4n) is 2.88. The van der Waals surface area contributed by atoms with E-state index in [1.54, 1.807) is 0 Å². The van der Waals surface area contributed by atoms with Gasteiger partial charge in [-0.05, 0) is 37.3 Å². The van der Waals surface area contributed by atoms with Crippen LogP contribution in [0.2, 0.25) is 0 Å².